The van der Waals surface area contributed by atoms with Crippen LogP contribution in [0.25, 0.3) is 22.2 Å². The zero-order valence-corrected chi connectivity index (χ0v) is 21.1. The first-order valence-corrected chi connectivity index (χ1v) is 13.3. The van der Waals surface area contributed by atoms with Gasteiger partial charge in [0, 0.05) is 6.42 Å². The van der Waals surface area contributed by atoms with Gasteiger partial charge in [-0.1, -0.05) is 67.1 Å². The third kappa shape index (κ3) is 4.03. The molecular formula is C28H26N4O3S. The summed E-state index contributed by atoms with van der Waals surface area (Å²) in [5.74, 6) is -0.131. The van der Waals surface area contributed by atoms with E-state index in [1.165, 1.54) is 0 Å². The van der Waals surface area contributed by atoms with Crippen LogP contribution in [0.15, 0.2) is 88.7 Å². The molecule has 5 aromatic rings. The Morgan fingerprint density at radius 3 is 2.17 bits per heavy atom. The van der Waals surface area contributed by atoms with E-state index in [0.29, 0.717) is 16.7 Å². The van der Waals surface area contributed by atoms with Gasteiger partial charge < -0.3 is 9.88 Å². The molecule has 5 rings (SSSR count). The van der Waals surface area contributed by atoms with Crippen LogP contribution >= 0.6 is 0 Å². The second kappa shape index (κ2) is 9.20. The van der Waals surface area contributed by atoms with Crippen LogP contribution in [0.1, 0.15) is 37.4 Å². The summed E-state index contributed by atoms with van der Waals surface area (Å²) in [6, 6.07) is 23.4. The lowest BCUT2D eigenvalue weighted by Gasteiger charge is -2.19. The highest BCUT2D eigenvalue weighted by molar-refractivity contribution is 7.92. The molecule has 0 fully saturated rings. The number of rotatable bonds is 6. The molecule has 3 aromatic carbocycles. The summed E-state index contributed by atoms with van der Waals surface area (Å²) in [6.07, 6.45) is 0.189. The highest BCUT2D eigenvalue weighted by Crippen LogP contribution is 2.40. The number of aryl methyl sites for hydroxylation is 1. The summed E-state index contributed by atoms with van der Waals surface area (Å²) < 4.78 is 30.0. The smallest absolute Gasteiger partial charge is 0.225 e. The van der Waals surface area contributed by atoms with Crippen LogP contribution in [-0.2, 0) is 14.6 Å². The number of fused-ring (bicyclic) bond motifs is 2. The van der Waals surface area contributed by atoms with Gasteiger partial charge in [-0.3, -0.25) is 4.79 Å². The van der Waals surface area contributed by atoms with Gasteiger partial charge in [-0.05, 0) is 43.7 Å². The van der Waals surface area contributed by atoms with Crippen molar-refractivity contribution in [1.29, 1.82) is 0 Å². The Morgan fingerprint density at radius 1 is 0.917 bits per heavy atom. The van der Waals surface area contributed by atoms with Crippen LogP contribution in [0.4, 0.5) is 5.82 Å². The first-order valence-electron chi connectivity index (χ1n) is 11.8. The van der Waals surface area contributed by atoms with Gasteiger partial charge in [-0.15, -0.1) is 0 Å². The molecular weight excluding hydrogens is 472 g/mol. The molecule has 2 aromatic heterocycles. The van der Waals surface area contributed by atoms with Gasteiger partial charge in [0.1, 0.15) is 16.2 Å². The minimum Gasteiger partial charge on any atom is -0.311 e. The molecule has 0 saturated carbocycles. The topological polar surface area (TPSA) is 93.9 Å². The van der Waals surface area contributed by atoms with E-state index in [-0.39, 0.29) is 39.5 Å². The van der Waals surface area contributed by atoms with Crippen LogP contribution in [0.2, 0.25) is 0 Å². The number of aromatic nitrogens is 3. The summed E-state index contributed by atoms with van der Waals surface area (Å²) in [4.78, 5) is 22.4. The molecule has 0 saturated heterocycles. The first kappa shape index (κ1) is 23.7. The van der Waals surface area contributed by atoms with Gasteiger partial charge >= 0.3 is 0 Å². The number of sulfone groups is 1. The summed E-state index contributed by atoms with van der Waals surface area (Å²) in [7, 11) is -4.07. The predicted molar refractivity (Wildman–Crippen MR) is 141 cm³/mol. The van der Waals surface area contributed by atoms with Crippen LogP contribution in [0, 0.1) is 6.92 Å². The molecule has 0 aliphatic rings. The Balaban J connectivity index is 1.91. The van der Waals surface area contributed by atoms with Crippen LogP contribution in [0.5, 0.6) is 0 Å². The molecule has 1 amide bonds. The maximum atomic E-state index is 14.1. The quantitative estimate of drug-likeness (QED) is 0.325. The molecule has 0 spiro atoms. The van der Waals surface area contributed by atoms with Crippen molar-refractivity contribution in [2.75, 3.05) is 5.32 Å². The van der Waals surface area contributed by atoms with E-state index in [1.54, 1.807) is 41.8 Å². The number of nitrogens with zero attached hydrogens (tertiary/aromatic N) is 3. The van der Waals surface area contributed by atoms with Crippen molar-refractivity contribution in [2.45, 2.75) is 43.0 Å². The number of anilines is 1. The van der Waals surface area contributed by atoms with E-state index in [4.69, 9.17) is 9.97 Å². The fourth-order valence-corrected chi connectivity index (χ4v) is 5.85. The number of carbonyl (C=O) groups excluding carboxylic acids is 1. The molecule has 0 radical (unpaired) electrons. The normalized spacial score (nSPS) is 12.6. The Hall–Kier alpha value is -4.04. The van der Waals surface area contributed by atoms with Crippen molar-refractivity contribution < 1.29 is 13.2 Å². The second-order valence-corrected chi connectivity index (χ2v) is 10.6. The number of carbonyl (C=O) groups is 1. The number of hydrogen-bond acceptors (Lipinski definition) is 5. The molecule has 0 bridgehead atoms. The minimum absolute atomic E-state index is 0.0517. The van der Waals surface area contributed by atoms with Gasteiger partial charge in [-0.25, -0.2) is 18.4 Å². The lowest BCUT2D eigenvalue weighted by Crippen LogP contribution is -2.18. The van der Waals surface area contributed by atoms with Gasteiger partial charge in [0.2, 0.25) is 15.7 Å². The highest BCUT2D eigenvalue weighted by Gasteiger charge is 2.33. The van der Waals surface area contributed by atoms with Crippen molar-refractivity contribution in [2.24, 2.45) is 0 Å². The van der Waals surface area contributed by atoms with E-state index in [0.717, 1.165) is 11.1 Å². The Kier molecular flexibility index (Phi) is 6.05. The standard InChI is InChI=1S/C28H26N4O3S/c1-4-24(33)31-28-26(36(34,35)21-16-14-18(2)15-17-21)25-27(30-23-13-9-8-12-22(23)29-25)32(28)19(3)20-10-6-5-7-11-20/h5-17,19H,4H2,1-3H3,(H,31,33)/t19-/m0/s1. The van der Waals surface area contributed by atoms with Crippen molar-refractivity contribution >= 4 is 43.8 Å². The maximum absolute atomic E-state index is 14.1. The largest absolute Gasteiger partial charge is 0.311 e. The van der Waals surface area contributed by atoms with Crippen molar-refractivity contribution in [3.05, 3.63) is 90.0 Å². The number of benzene rings is 3. The van der Waals surface area contributed by atoms with Crippen LogP contribution in [0.3, 0.4) is 0 Å². The van der Waals surface area contributed by atoms with Crippen molar-refractivity contribution in [3.8, 4) is 0 Å². The minimum atomic E-state index is -4.07. The maximum Gasteiger partial charge on any atom is 0.225 e. The van der Waals surface area contributed by atoms with Gasteiger partial charge in [0.15, 0.2) is 5.65 Å². The summed E-state index contributed by atoms with van der Waals surface area (Å²) in [6.45, 7) is 5.58. The molecule has 0 aliphatic carbocycles. The Bertz CT molecular complexity index is 1690. The third-order valence-corrected chi connectivity index (χ3v) is 8.12. The SMILES string of the molecule is CCC(=O)Nc1c(S(=O)(=O)c2ccc(C)cc2)c2nc3ccccc3nc2n1[C@@H](C)c1ccccc1. The molecule has 8 heteroatoms. The van der Waals surface area contributed by atoms with E-state index in [9.17, 15) is 13.2 Å². The zero-order valence-electron chi connectivity index (χ0n) is 20.3. The molecule has 36 heavy (non-hydrogen) atoms. The average molecular weight is 499 g/mol. The summed E-state index contributed by atoms with van der Waals surface area (Å²) in [5, 5.41) is 2.88. The third-order valence-electron chi connectivity index (χ3n) is 6.30. The Labute approximate surface area is 209 Å². The predicted octanol–water partition coefficient (Wildman–Crippen LogP) is 5.68. The van der Waals surface area contributed by atoms with Gasteiger partial charge in [0.25, 0.3) is 0 Å². The molecule has 1 N–H and O–H groups in total. The lowest BCUT2D eigenvalue weighted by atomic mass is 10.1. The van der Waals surface area contributed by atoms with Gasteiger partial charge in [0.05, 0.1) is 22.0 Å². The molecule has 0 unspecified atom stereocenters. The van der Waals surface area contributed by atoms with E-state index >= 15 is 0 Å². The molecule has 1 atom stereocenters. The molecule has 7 nitrogen and oxygen atoms in total. The first-order chi connectivity index (χ1) is 17.3. The average Bonchev–Trinajstić information content (AvgIpc) is 3.20. The number of para-hydroxylation sites is 2. The molecule has 0 aliphatic heterocycles. The van der Waals surface area contributed by atoms with Crippen LogP contribution < -0.4 is 5.32 Å². The fraction of sp³-hybridized carbons (Fsp3) is 0.179. The number of nitrogens with one attached hydrogen (secondary N) is 1. The molecule has 2 heterocycles. The monoisotopic (exact) mass is 498 g/mol. The number of amides is 1. The summed E-state index contributed by atoms with van der Waals surface area (Å²) >= 11 is 0. The van der Waals surface area contributed by atoms with Crippen molar-refractivity contribution in [1.82, 2.24) is 14.5 Å². The van der Waals surface area contributed by atoms with E-state index in [2.05, 4.69) is 5.32 Å². The fourth-order valence-electron chi connectivity index (χ4n) is 4.32. The summed E-state index contributed by atoms with van der Waals surface area (Å²) in [5.41, 5.74) is 3.71. The van der Waals surface area contributed by atoms with Crippen LogP contribution in [-0.4, -0.2) is 28.9 Å². The van der Waals surface area contributed by atoms with E-state index < -0.39 is 9.84 Å². The highest BCUT2D eigenvalue weighted by atomic mass is 32.2. The number of hydrogen-bond donors (Lipinski definition) is 1. The van der Waals surface area contributed by atoms with Crippen molar-refractivity contribution in [3.63, 3.8) is 0 Å². The van der Waals surface area contributed by atoms with E-state index in [1.807, 2.05) is 62.4 Å². The van der Waals surface area contributed by atoms with Gasteiger partial charge in [-0.2, -0.15) is 0 Å². The molecule has 182 valence electrons. The second-order valence-electron chi connectivity index (χ2n) is 8.74. The zero-order chi connectivity index (χ0) is 25.4. The Morgan fingerprint density at radius 2 is 1.53 bits per heavy atom. The lowest BCUT2D eigenvalue weighted by molar-refractivity contribution is -0.115.